The highest BCUT2D eigenvalue weighted by molar-refractivity contribution is 5.70. The van der Waals surface area contributed by atoms with Crippen molar-refractivity contribution in [3.05, 3.63) is 71.0 Å². The van der Waals surface area contributed by atoms with Crippen LogP contribution < -0.4 is 0 Å². The molecule has 7 heteroatoms. The summed E-state index contributed by atoms with van der Waals surface area (Å²) in [6.45, 7) is 2.18. The molecule has 0 amide bonds. The predicted octanol–water partition coefficient (Wildman–Crippen LogP) is 4.55. The number of fused-ring (bicyclic) bond motifs is 2. The van der Waals surface area contributed by atoms with E-state index in [1.165, 1.54) is 19.2 Å². The van der Waals surface area contributed by atoms with Crippen molar-refractivity contribution < 1.29 is 28.1 Å². The third-order valence-corrected chi connectivity index (χ3v) is 7.41. The van der Waals surface area contributed by atoms with Gasteiger partial charge in [0.25, 0.3) is 0 Å². The van der Waals surface area contributed by atoms with Gasteiger partial charge in [-0.25, -0.2) is 9.18 Å². The van der Waals surface area contributed by atoms with E-state index < -0.39 is 0 Å². The van der Waals surface area contributed by atoms with Crippen LogP contribution in [0.15, 0.2) is 48.5 Å². The number of methoxy groups -OCH3 is 1. The molecule has 0 aromatic heterocycles. The van der Waals surface area contributed by atoms with E-state index in [2.05, 4.69) is 10.8 Å². The average molecular weight is 482 g/mol. The monoisotopic (exact) mass is 481 g/mol. The molecule has 0 spiro atoms. The molecular weight excluding hydrogens is 449 g/mol. The minimum Gasteiger partial charge on any atom is -0.467 e. The molecule has 186 valence electrons. The molecule has 2 aromatic rings. The topological polar surface area (TPSA) is 77.8 Å². The Morgan fingerprint density at radius 1 is 1.14 bits per heavy atom. The Hall–Kier alpha value is -2.79. The van der Waals surface area contributed by atoms with Crippen LogP contribution in [0.1, 0.15) is 42.4 Å². The highest BCUT2D eigenvalue weighted by Crippen LogP contribution is 2.56. The Morgan fingerprint density at radius 3 is 2.63 bits per heavy atom. The van der Waals surface area contributed by atoms with Gasteiger partial charge < -0.3 is 18.9 Å². The van der Waals surface area contributed by atoms with E-state index >= 15 is 0 Å². The van der Waals surface area contributed by atoms with Gasteiger partial charge in [0.2, 0.25) is 0 Å². The fraction of sp³-hybridized carbons (Fsp3) is 0.500. The van der Waals surface area contributed by atoms with Gasteiger partial charge in [-0.05, 0) is 60.6 Å². The third-order valence-electron chi connectivity index (χ3n) is 7.41. The maximum atomic E-state index is 13.6. The smallest absolute Gasteiger partial charge is 0.331 e. The molecule has 1 saturated heterocycles. The van der Waals surface area contributed by atoms with Crippen LogP contribution in [0.4, 0.5) is 4.39 Å². The Morgan fingerprint density at radius 2 is 1.91 bits per heavy atom. The second kappa shape index (κ2) is 11.8. The van der Waals surface area contributed by atoms with Crippen LogP contribution in [-0.2, 0) is 35.8 Å². The largest absolute Gasteiger partial charge is 0.467 e. The van der Waals surface area contributed by atoms with Crippen molar-refractivity contribution in [2.24, 2.45) is 11.8 Å². The number of halogens is 1. The Bertz CT molecular complexity index is 1020. The molecule has 0 radical (unpaired) electrons. The molecule has 1 aliphatic carbocycles. The van der Waals surface area contributed by atoms with Crippen molar-refractivity contribution in [2.75, 3.05) is 33.5 Å². The second-order valence-electron chi connectivity index (χ2n) is 9.44. The van der Waals surface area contributed by atoms with Crippen LogP contribution in [0.5, 0.6) is 0 Å². The number of unbranched alkanes of at least 4 members (excludes halogenated alkanes) is 1. The van der Waals surface area contributed by atoms with E-state index in [-0.39, 0.29) is 35.8 Å². The van der Waals surface area contributed by atoms with Gasteiger partial charge in [-0.2, -0.15) is 5.26 Å². The van der Waals surface area contributed by atoms with Gasteiger partial charge >= 0.3 is 5.97 Å². The number of hydrogen-bond acceptors (Lipinski definition) is 6. The summed E-state index contributed by atoms with van der Waals surface area (Å²) in [7, 11) is 1.35. The number of benzene rings is 2. The number of esters is 1. The van der Waals surface area contributed by atoms with Gasteiger partial charge in [0.15, 0.2) is 0 Å². The van der Waals surface area contributed by atoms with Crippen molar-refractivity contribution in [1.82, 2.24) is 0 Å². The van der Waals surface area contributed by atoms with Gasteiger partial charge in [0, 0.05) is 17.9 Å². The zero-order valence-electron chi connectivity index (χ0n) is 20.1. The summed E-state index contributed by atoms with van der Waals surface area (Å²) in [5, 5.41) is 8.98. The fourth-order valence-corrected chi connectivity index (χ4v) is 5.62. The average Bonchev–Trinajstić information content (AvgIpc) is 3.45. The Kier molecular flexibility index (Phi) is 8.50. The number of carbonyl (C=O) groups is 1. The number of hydrogen-bond donors (Lipinski definition) is 0. The molecule has 2 aliphatic rings. The first-order chi connectivity index (χ1) is 17.1. The van der Waals surface area contributed by atoms with Crippen molar-refractivity contribution >= 4 is 5.97 Å². The van der Waals surface area contributed by atoms with Crippen LogP contribution in [0.3, 0.4) is 0 Å². The minimum absolute atomic E-state index is 0.0266. The molecule has 4 unspecified atom stereocenters. The summed E-state index contributed by atoms with van der Waals surface area (Å²) in [4.78, 5) is 11.2. The molecule has 1 heterocycles. The standard InChI is InChI=1S/C28H32FNO5/c1-32-27(31)18-33-13-3-2-4-25-24(17-34-16-21-7-5-20(15-30)6-8-21)26-14-28(25,19-35-26)22-9-11-23(29)12-10-22/h5-12,24-26H,2-4,13-14,16-19H2,1H3. The molecular formula is C28H32FNO5. The fourth-order valence-electron chi connectivity index (χ4n) is 5.62. The predicted molar refractivity (Wildman–Crippen MR) is 127 cm³/mol. The number of carbonyl (C=O) groups excluding carboxylic acids is 1. The maximum Gasteiger partial charge on any atom is 0.331 e. The normalized spacial score (nSPS) is 24.9. The Balaban J connectivity index is 1.39. The zero-order chi connectivity index (χ0) is 24.7. The molecule has 0 N–H and O–H groups in total. The van der Waals surface area contributed by atoms with Crippen LogP contribution in [0, 0.1) is 29.0 Å². The lowest BCUT2D eigenvalue weighted by atomic mass is 9.69. The van der Waals surface area contributed by atoms with Crippen molar-refractivity contribution in [3.63, 3.8) is 0 Å². The van der Waals surface area contributed by atoms with Crippen molar-refractivity contribution in [1.29, 1.82) is 5.26 Å². The highest BCUT2D eigenvalue weighted by atomic mass is 19.1. The quantitative estimate of drug-likeness (QED) is 0.327. The maximum absolute atomic E-state index is 13.6. The van der Waals surface area contributed by atoms with E-state index in [9.17, 15) is 9.18 Å². The molecule has 2 aromatic carbocycles. The minimum atomic E-state index is -0.370. The number of nitrogens with zero attached hydrogens (tertiary/aromatic N) is 1. The lowest BCUT2D eigenvalue weighted by molar-refractivity contribution is -0.145. The van der Waals surface area contributed by atoms with Gasteiger partial charge in [-0.3, -0.25) is 0 Å². The van der Waals surface area contributed by atoms with Crippen molar-refractivity contribution in [3.8, 4) is 6.07 Å². The first-order valence-corrected chi connectivity index (χ1v) is 12.1. The highest BCUT2D eigenvalue weighted by Gasteiger charge is 2.59. The van der Waals surface area contributed by atoms with Crippen molar-refractivity contribution in [2.45, 2.75) is 43.8 Å². The summed E-state index contributed by atoms with van der Waals surface area (Å²) >= 11 is 0. The summed E-state index contributed by atoms with van der Waals surface area (Å²) in [6.07, 6.45) is 3.79. The number of ether oxygens (including phenoxy) is 4. The van der Waals surface area contributed by atoms with Gasteiger partial charge in [0.1, 0.15) is 12.4 Å². The van der Waals surface area contributed by atoms with Gasteiger partial charge in [-0.1, -0.05) is 30.7 Å². The molecule has 4 rings (SSSR count). The molecule has 1 saturated carbocycles. The summed E-state index contributed by atoms with van der Waals surface area (Å²) in [5.74, 6) is -0.0262. The van der Waals surface area contributed by atoms with E-state index in [1.54, 1.807) is 12.1 Å². The number of rotatable bonds is 12. The summed E-state index contributed by atoms with van der Waals surface area (Å²) in [6, 6.07) is 16.4. The van der Waals surface area contributed by atoms with Crippen LogP contribution in [0.2, 0.25) is 0 Å². The summed E-state index contributed by atoms with van der Waals surface area (Å²) < 4.78 is 36.0. The first-order valence-electron chi connectivity index (χ1n) is 12.1. The zero-order valence-corrected chi connectivity index (χ0v) is 20.1. The van der Waals surface area contributed by atoms with E-state index in [0.717, 1.165) is 36.8 Å². The molecule has 2 fully saturated rings. The van der Waals surface area contributed by atoms with E-state index in [4.69, 9.17) is 19.5 Å². The SMILES string of the molecule is COC(=O)COCCCCC1C(COCc2ccc(C#N)cc2)C2CC1(c1ccc(F)cc1)CO2. The van der Waals surface area contributed by atoms with E-state index in [1.807, 2.05) is 24.3 Å². The lowest BCUT2D eigenvalue weighted by Gasteiger charge is -2.39. The second-order valence-corrected chi connectivity index (χ2v) is 9.44. The third kappa shape index (κ3) is 5.90. The number of nitriles is 1. The molecule has 6 nitrogen and oxygen atoms in total. The van der Waals surface area contributed by atoms with E-state index in [0.29, 0.717) is 37.9 Å². The summed E-state index contributed by atoms with van der Waals surface area (Å²) in [5.41, 5.74) is 2.64. The van der Waals surface area contributed by atoms with Gasteiger partial charge in [0.05, 0.1) is 44.7 Å². The Labute approximate surface area is 205 Å². The lowest BCUT2D eigenvalue weighted by Crippen LogP contribution is -2.41. The van der Waals surface area contributed by atoms with Gasteiger partial charge in [-0.15, -0.1) is 0 Å². The molecule has 4 atom stereocenters. The van der Waals surface area contributed by atoms with Crippen LogP contribution in [-0.4, -0.2) is 45.6 Å². The molecule has 1 aliphatic heterocycles. The van der Waals surface area contributed by atoms with Crippen LogP contribution in [0.25, 0.3) is 0 Å². The first kappa shape index (κ1) is 25.3. The molecule has 35 heavy (non-hydrogen) atoms. The molecule has 2 bridgehead atoms. The van der Waals surface area contributed by atoms with Crippen LogP contribution >= 0.6 is 0 Å².